The highest BCUT2D eigenvalue weighted by molar-refractivity contribution is 6.01. The first kappa shape index (κ1) is 19.0. The number of anilines is 1. The summed E-state index contributed by atoms with van der Waals surface area (Å²) in [4.78, 5) is 39.5. The number of fused-ring (bicyclic) bond motifs is 1. The summed E-state index contributed by atoms with van der Waals surface area (Å²) < 4.78 is 10.5. The van der Waals surface area contributed by atoms with E-state index in [-0.39, 0.29) is 11.7 Å². The summed E-state index contributed by atoms with van der Waals surface area (Å²) in [5.41, 5.74) is -0.765. The van der Waals surface area contributed by atoms with Crippen LogP contribution in [0, 0.1) is 0 Å². The number of hydrogen-bond donors (Lipinski definition) is 1. The van der Waals surface area contributed by atoms with E-state index in [9.17, 15) is 19.5 Å². The minimum Gasteiger partial charge on any atom is -0.478 e. The van der Waals surface area contributed by atoms with Crippen LogP contribution in [0.25, 0.3) is 0 Å². The first-order valence-electron chi connectivity index (χ1n) is 8.85. The summed E-state index contributed by atoms with van der Waals surface area (Å²) in [5.74, 6) is -1.84. The number of cyclic esters (lactones) is 1. The van der Waals surface area contributed by atoms with Crippen LogP contribution in [0.1, 0.15) is 43.6 Å². The van der Waals surface area contributed by atoms with Gasteiger partial charge in [-0.15, -0.1) is 0 Å². The number of rotatable bonds is 2. The Hall–Kier alpha value is -2.77. The molecule has 1 saturated heterocycles. The summed E-state index contributed by atoms with van der Waals surface area (Å²) in [6.07, 6.45) is -0.336. The minimum atomic E-state index is -1.65. The van der Waals surface area contributed by atoms with Gasteiger partial charge in [-0.1, -0.05) is 6.07 Å². The van der Waals surface area contributed by atoms with Gasteiger partial charge in [-0.2, -0.15) is 0 Å². The van der Waals surface area contributed by atoms with Crippen molar-refractivity contribution in [2.75, 3.05) is 31.1 Å². The van der Waals surface area contributed by atoms with Crippen LogP contribution >= 0.6 is 0 Å². The van der Waals surface area contributed by atoms with Gasteiger partial charge in [0, 0.05) is 37.4 Å². The van der Waals surface area contributed by atoms with Gasteiger partial charge in [0.15, 0.2) is 0 Å². The summed E-state index contributed by atoms with van der Waals surface area (Å²) in [6, 6.07) is 5.07. The predicted molar refractivity (Wildman–Crippen MR) is 96.9 cm³/mol. The van der Waals surface area contributed by atoms with Gasteiger partial charge in [-0.3, -0.25) is 0 Å². The second kappa shape index (κ2) is 6.44. The fraction of sp³-hybridized carbons (Fsp3) is 0.526. The van der Waals surface area contributed by atoms with Crippen LogP contribution in [0.5, 0.6) is 0 Å². The second-order valence-electron chi connectivity index (χ2n) is 7.91. The molecule has 1 unspecified atom stereocenters. The van der Waals surface area contributed by atoms with E-state index in [1.54, 1.807) is 23.1 Å². The van der Waals surface area contributed by atoms with E-state index in [1.807, 2.05) is 25.7 Å². The monoisotopic (exact) mass is 376 g/mol. The molecule has 0 saturated carbocycles. The molecule has 0 aliphatic carbocycles. The summed E-state index contributed by atoms with van der Waals surface area (Å²) in [6.45, 7) is 9.04. The average molecular weight is 376 g/mol. The van der Waals surface area contributed by atoms with Crippen molar-refractivity contribution in [3.63, 3.8) is 0 Å². The molecule has 27 heavy (non-hydrogen) atoms. The normalized spacial score (nSPS) is 22.3. The molecule has 1 atom stereocenters. The van der Waals surface area contributed by atoms with Crippen LogP contribution in [0.4, 0.5) is 10.5 Å². The number of esters is 1. The molecule has 8 heteroatoms. The van der Waals surface area contributed by atoms with Crippen molar-refractivity contribution >= 4 is 23.7 Å². The van der Waals surface area contributed by atoms with Crippen LogP contribution in [0.15, 0.2) is 18.2 Å². The van der Waals surface area contributed by atoms with E-state index in [1.165, 1.54) is 6.92 Å². The lowest BCUT2D eigenvalue weighted by atomic mass is 9.93. The van der Waals surface area contributed by atoms with Crippen LogP contribution in [-0.4, -0.2) is 59.8 Å². The molecule has 8 nitrogen and oxygen atoms in total. The van der Waals surface area contributed by atoms with Crippen molar-refractivity contribution in [1.82, 2.24) is 4.90 Å². The van der Waals surface area contributed by atoms with Gasteiger partial charge in [0.05, 0.1) is 5.56 Å². The number of amides is 1. The Balaban J connectivity index is 1.72. The average Bonchev–Trinajstić information content (AvgIpc) is 2.85. The van der Waals surface area contributed by atoms with E-state index in [0.717, 1.165) is 5.69 Å². The fourth-order valence-electron chi connectivity index (χ4n) is 3.24. The number of hydrogen-bond acceptors (Lipinski definition) is 6. The third-order valence-corrected chi connectivity index (χ3v) is 4.74. The van der Waals surface area contributed by atoms with Crippen molar-refractivity contribution in [3.8, 4) is 0 Å². The van der Waals surface area contributed by atoms with E-state index >= 15 is 0 Å². The molecule has 1 fully saturated rings. The first-order chi connectivity index (χ1) is 12.5. The molecule has 3 rings (SSSR count). The van der Waals surface area contributed by atoms with Crippen LogP contribution < -0.4 is 4.90 Å². The lowest BCUT2D eigenvalue weighted by Crippen LogP contribution is -2.50. The second-order valence-corrected chi connectivity index (χ2v) is 7.91. The van der Waals surface area contributed by atoms with Gasteiger partial charge in [0.2, 0.25) is 5.60 Å². The number of benzene rings is 1. The molecule has 1 aromatic carbocycles. The zero-order valence-corrected chi connectivity index (χ0v) is 15.9. The molecule has 0 bridgehead atoms. The van der Waals surface area contributed by atoms with Gasteiger partial charge < -0.3 is 24.4 Å². The van der Waals surface area contributed by atoms with E-state index in [4.69, 9.17) is 9.47 Å². The Morgan fingerprint density at radius 1 is 1.19 bits per heavy atom. The lowest BCUT2D eigenvalue weighted by molar-refractivity contribution is -0.156. The van der Waals surface area contributed by atoms with Crippen molar-refractivity contribution in [2.45, 2.75) is 38.9 Å². The number of piperazine rings is 1. The van der Waals surface area contributed by atoms with Gasteiger partial charge in [-0.25, -0.2) is 14.4 Å². The first-order valence-corrected chi connectivity index (χ1v) is 8.85. The maximum atomic E-state index is 12.2. The maximum Gasteiger partial charge on any atom is 0.410 e. The standard InChI is InChI=1S/C19H24N2O6/c1-18(2,3)27-17(25)21-9-7-20(8-10-21)12-5-6-14-13(11-12)15(22)26-19(14,4)16(23)24/h5-6,11H,7-10H2,1-4H3,(H,23,24). The highest BCUT2D eigenvalue weighted by Crippen LogP contribution is 2.38. The lowest BCUT2D eigenvalue weighted by Gasteiger charge is -2.36. The molecule has 0 aromatic heterocycles. The van der Waals surface area contributed by atoms with E-state index < -0.39 is 23.1 Å². The molecule has 2 aliphatic rings. The third-order valence-electron chi connectivity index (χ3n) is 4.74. The molecule has 2 heterocycles. The van der Waals surface area contributed by atoms with Crippen molar-refractivity contribution in [1.29, 1.82) is 0 Å². The zero-order chi connectivity index (χ0) is 20.0. The molecular formula is C19H24N2O6. The summed E-state index contributed by atoms with van der Waals surface area (Å²) >= 11 is 0. The topological polar surface area (TPSA) is 96.4 Å². The van der Waals surface area contributed by atoms with E-state index in [0.29, 0.717) is 31.7 Å². The van der Waals surface area contributed by atoms with Crippen molar-refractivity contribution in [3.05, 3.63) is 29.3 Å². The maximum absolute atomic E-state index is 12.2. The van der Waals surface area contributed by atoms with Gasteiger partial charge in [0.25, 0.3) is 0 Å². The summed E-state index contributed by atoms with van der Waals surface area (Å²) in [5, 5.41) is 9.38. The third kappa shape index (κ3) is 3.56. The molecule has 0 spiro atoms. The van der Waals surface area contributed by atoms with E-state index in [2.05, 4.69) is 0 Å². The summed E-state index contributed by atoms with van der Waals surface area (Å²) in [7, 11) is 0. The molecule has 0 radical (unpaired) electrons. The van der Waals surface area contributed by atoms with Crippen molar-refractivity contribution < 1.29 is 29.0 Å². The largest absolute Gasteiger partial charge is 0.478 e. The molecule has 1 amide bonds. The number of carboxylic acid groups (broad SMARTS) is 1. The predicted octanol–water partition coefficient (Wildman–Crippen LogP) is 2.21. The number of carboxylic acids is 1. The number of nitrogens with zero attached hydrogens (tertiary/aromatic N) is 2. The van der Waals surface area contributed by atoms with Crippen LogP contribution in [-0.2, 0) is 19.9 Å². The Morgan fingerprint density at radius 2 is 1.81 bits per heavy atom. The number of ether oxygens (including phenoxy) is 2. The number of aliphatic carboxylic acids is 1. The Kier molecular flexibility index (Phi) is 4.53. The van der Waals surface area contributed by atoms with Crippen LogP contribution in [0.2, 0.25) is 0 Å². The fourth-order valence-corrected chi connectivity index (χ4v) is 3.24. The zero-order valence-electron chi connectivity index (χ0n) is 15.9. The molecule has 1 aromatic rings. The van der Waals surface area contributed by atoms with Gasteiger partial charge >= 0.3 is 18.0 Å². The Bertz CT molecular complexity index is 792. The van der Waals surface area contributed by atoms with Crippen LogP contribution in [0.3, 0.4) is 0 Å². The molecule has 1 N–H and O–H groups in total. The number of carbonyl (C=O) groups excluding carboxylic acids is 2. The quantitative estimate of drug-likeness (QED) is 0.791. The molecule has 2 aliphatic heterocycles. The van der Waals surface area contributed by atoms with Gasteiger partial charge in [-0.05, 0) is 39.8 Å². The highest BCUT2D eigenvalue weighted by atomic mass is 16.6. The smallest absolute Gasteiger partial charge is 0.410 e. The highest BCUT2D eigenvalue weighted by Gasteiger charge is 2.48. The van der Waals surface area contributed by atoms with Crippen molar-refractivity contribution in [2.24, 2.45) is 0 Å². The Morgan fingerprint density at radius 3 is 2.37 bits per heavy atom. The Labute approximate surface area is 157 Å². The number of carbonyl (C=O) groups is 3. The molecular weight excluding hydrogens is 352 g/mol. The molecule has 146 valence electrons. The SMILES string of the molecule is CC(C)(C)OC(=O)N1CCN(c2ccc3c(c2)C(=O)OC3(C)C(=O)O)CC1. The van der Waals surface area contributed by atoms with Gasteiger partial charge in [0.1, 0.15) is 5.60 Å². The minimum absolute atomic E-state index is 0.270.